The highest BCUT2D eigenvalue weighted by Crippen LogP contribution is 2.23. The van der Waals surface area contributed by atoms with E-state index in [1.54, 1.807) is 16.5 Å². The number of para-hydroxylation sites is 1. The average Bonchev–Trinajstić information content (AvgIpc) is 3.36. The van der Waals surface area contributed by atoms with E-state index < -0.39 is 0 Å². The SMILES string of the molecule is C=CCn1c(=O)c2ccccc2n2c(SCC(=O)Nc3nnc(CC(C)C)s3)nnc12. The predicted molar refractivity (Wildman–Crippen MR) is 123 cm³/mol. The number of amides is 1. The van der Waals surface area contributed by atoms with Crippen LogP contribution in [0.15, 0.2) is 46.9 Å². The average molecular weight is 456 g/mol. The number of hydrogen-bond donors (Lipinski definition) is 1. The van der Waals surface area contributed by atoms with E-state index in [0.29, 0.717) is 39.4 Å². The normalized spacial score (nSPS) is 11.5. The van der Waals surface area contributed by atoms with Crippen LogP contribution in [-0.2, 0) is 17.8 Å². The van der Waals surface area contributed by atoms with Gasteiger partial charge in [-0.15, -0.1) is 27.0 Å². The van der Waals surface area contributed by atoms with Crippen LogP contribution >= 0.6 is 23.1 Å². The molecule has 0 aliphatic heterocycles. The standard InChI is InChI=1S/C20H21N7O2S2/c1-4-9-26-17(29)13-7-5-6-8-14(13)27-19(26)24-25-20(27)30-11-15(28)21-18-23-22-16(31-18)10-12(2)3/h4-8,12H,1,9-11H2,2-3H3,(H,21,23,28). The largest absolute Gasteiger partial charge is 0.300 e. The number of carbonyl (C=O) groups excluding carboxylic acids is 1. The van der Waals surface area contributed by atoms with Gasteiger partial charge in [0.1, 0.15) is 5.01 Å². The number of nitrogens with zero attached hydrogens (tertiary/aromatic N) is 6. The van der Waals surface area contributed by atoms with Crippen LogP contribution in [-0.4, -0.2) is 41.0 Å². The van der Waals surface area contributed by atoms with Gasteiger partial charge in [0.15, 0.2) is 5.16 Å². The van der Waals surface area contributed by atoms with Crippen molar-refractivity contribution in [2.24, 2.45) is 5.92 Å². The van der Waals surface area contributed by atoms with Crippen molar-refractivity contribution < 1.29 is 4.79 Å². The third-order valence-corrected chi connectivity index (χ3v) is 6.21. The van der Waals surface area contributed by atoms with Crippen LogP contribution in [0.2, 0.25) is 0 Å². The molecule has 3 heterocycles. The van der Waals surface area contributed by atoms with Crippen molar-refractivity contribution in [3.8, 4) is 0 Å². The Balaban J connectivity index is 1.58. The van der Waals surface area contributed by atoms with E-state index >= 15 is 0 Å². The first-order valence-electron chi connectivity index (χ1n) is 9.70. The number of allylic oxidation sites excluding steroid dienone is 1. The number of anilines is 1. The third kappa shape index (κ3) is 4.37. The molecule has 0 unspecified atom stereocenters. The van der Waals surface area contributed by atoms with Gasteiger partial charge in [0.05, 0.1) is 16.7 Å². The maximum absolute atomic E-state index is 12.8. The smallest absolute Gasteiger partial charge is 0.263 e. The van der Waals surface area contributed by atoms with E-state index in [-0.39, 0.29) is 17.2 Å². The topological polar surface area (TPSA) is 107 Å². The van der Waals surface area contributed by atoms with Crippen LogP contribution < -0.4 is 10.9 Å². The Kier molecular flexibility index (Phi) is 6.14. The molecule has 0 saturated heterocycles. The van der Waals surface area contributed by atoms with Gasteiger partial charge in [0, 0.05) is 13.0 Å². The second-order valence-corrected chi connectivity index (χ2v) is 9.28. The lowest BCUT2D eigenvalue weighted by Crippen LogP contribution is -2.22. The van der Waals surface area contributed by atoms with Crippen LogP contribution in [0.3, 0.4) is 0 Å². The summed E-state index contributed by atoms with van der Waals surface area (Å²) in [7, 11) is 0. The minimum atomic E-state index is -0.210. The van der Waals surface area contributed by atoms with Crippen LogP contribution in [0, 0.1) is 5.92 Å². The van der Waals surface area contributed by atoms with E-state index in [2.05, 4.69) is 46.1 Å². The molecule has 0 saturated carbocycles. The van der Waals surface area contributed by atoms with Gasteiger partial charge in [-0.1, -0.05) is 55.2 Å². The first kappa shape index (κ1) is 21.2. The van der Waals surface area contributed by atoms with Crippen molar-refractivity contribution >= 4 is 50.8 Å². The van der Waals surface area contributed by atoms with E-state index in [4.69, 9.17) is 0 Å². The molecule has 31 heavy (non-hydrogen) atoms. The van der Waals surface area contributed by atoms with E-state index in [1.807, 2.05) is 18.2 Å². The Labute approximate surface area is 186 Å². The molecular formula is C20H21N7O2S2. The third-order valence-electron chi connectivity index (χ3n) is 4.42. The summed E-state index contributed by atoms with van der Waals surface area (Å²) in [5.74, 6) is 0.794. The Bertz CT molecular complexity index is 1320. The first-order chi connectivity index (χ1) is 15.0. The fourth-order valence-electron chi connectivity index (χ4n) is 3.14. The minimum Gasteiger partial charge on any atom is -0.300 e. The molecule has 0 aliphatic rings. The molecule has 1 aromatic carbocycles. The second kappa shape index (κ2) is 8.98. The van der Waals surface area contributed by atoms with E-state index in [1.165, 1.54) is 27.7 Å². The highest BCUT2D eigenvalue weighted by molar-refractivity contribution is 7.99. The Morgan fingerprint density at radius 1 is 1.26 bits per heavy atom. The predicted octanol–water partition coefficient (Wildman–Crippen LogP) is 3.01. The lowest BCUT2D eigenvalue weighted by molar-refractivity contribution is -0.113. The van der Waals surface area contributed by atoms with Gasteiger partial charge in [0.25, 0.3) is 5.56 Å². The zero-order chi connectivity index (χ0) is 22.0. The Morgan fingerprint density at radius 2 is 2.06 bits per heavy atom. The van der Waals surface area contributed by atoms with Crippen molar-refractivity contribution in [2.75, 3.05) is 11.1 Å². The van der Waals surface area contributed by atoms with Gasteiger partial charge in [0.2, 0.25) is 16.8 Å². The number of benzene rings is 1. The Morgan fingerprint density at radius 3 is 2.84 bits per heavy atom. The van der Waals surface area contributed by atoms with Crippen molar-refractivity contribution in [2.45, 2.75) is 32.0 Å². The molecule has 0 radical (unpaired) electrons. The summed E-state index contributed by atoms with van der Waals surface area (Å²) < 4.78 is 3.31. The fourth-order valence-corrected chi connectivity index (χ4v) is 4.85. The number of nitrogens with one attached hydrogen (secondary N) is 1. The van der Waals surface area contributed by atoms with Crippen LogP contribution in [0.5, 0.6) is 0 Å². The molecule has 0 spiro atoms. The Hall–Kier alpha value is -3.05. The first-order valence-corrected chi connectivity index (χ1v) is 11.5. The van der Waals surface area contributed by atoms with Gasteiger partial charge in [-0.25, -0.2) is 0 Å². The minimum absolute atomic E-state index is 0.120. The van der Waals surface area contributed by atoms with Crippen molar-refractivity contribution in [1.82, 2.24) is 29.4 Å². The summed E-state index contributed by atoms with van der Waals surface area (Å²) in [6, 6.07) is 7.27. The molecule has 4 rings (SSSR count). The molecule has 4 aromatic rings. The van der Waals surface area contributed by atoms with Gasteiger partial charge < -0.3 is 0 Å². The lowest BCUT2D eigenvalue weighted by atomic mass is 10.1. The quantitative estimate of drug-likeness (QED) is 0.321. The number of carbonyl (C=O) groups is 1. The number of fused-ring (bicyclic) bond motifs is 3. The molecule has 11 heteroatoms. The second-order valence-electron chi connectivity index (χ2n) is 7.28. The summed E-state index contributed by atoms with van der Waals surface area (Å²) in [6.07, 6.45) is 2.47. The van der Waals surface area contributed by atoms with Gasteiger partial charge >= 0.3 is 0 Å². The number of hydrogen-bond acceptors (Lipinski definition) is 8. The fraction of sp³-hybridized carbons (Fsp3) is 0.300. The van der Waals surface area contributed by atoms with Gasteiger partial charge in [-0.3, -0.25) is 23.9 Å². The number of thioether (sulfide) groups is 1. The summed E-state index contributed by atoms with van der Waals surface area (Å²) in [5.41, 5.74) is 0.538. The molecule has 0 fully saturated rings. The highest BCUT2D eigenvalue weighted by atomic mass is 32.2. The van der Waals surface area contributed by atoms with Gasteiger partial charge in [-0.2, -0.15) is 0 Å². The molecule has 1 N–H and O–H groups in total. The lowest BCUT2D eigenvalue weighted by Gasteiger charge is -2.09. The summed E-state index contributed by atoms with van der Waals surface area (Å²) in [4.78, 5) is 25.3. The zero-order valence-corrected chi connectivity index (χ0v) is 18.7. The summed E-state index contributed by atoms with van der Waals surface area (Å²) in [6.45, 7) is 8.25. The van der Waals surface area contributed by atoms with Crippen molar-refractivity contribution in [1.29, 1.82) is 0 Å². The number of aromatic nitrogens is 6. The summed E-state index contributed by atoms with van der Waals surface area (Å²) >= 11 is 2.62. The molecule has 3 aromatic heterocycles. The van der Waals surface area contributed by atoms with Crippen molar-refractivity contribution in [3.63, 3.8) is 0 Å². The molecule has 9 nitrogen and oxygen atoms in total. The van der Waals surface area contributed by atoms with E-state index in [0.717, 1.165) is 11.4 Å². The molecule has 0 bridgehead atoms. The molecule has 1 amide bonds. The maximum Gasteiger partial charge on any atom is 0.263 e. The van der Waals surface area contributed by atoms with E-state index in [9.17, 15) is 9.59 Å². The highest BCUT2D eigenvalue weighted by Gasteiger charge is 2.17. The monoisotopic (exact) mass is 455 g/mol. The van der Waals surface area contributed by atoms with Crippen LogP contribution in [0.4, 0.5) is 5.13 Å². The summed E-state index contributed by atoms with van der Waals surface area (Å²) in [5, 5.41) is 21.8. The molecule has 0 aliphatic carbocycles. The van der Waals surface area contributed by atoms with Crippen LogP contribution in [0.1, 0.15) is 18.9 Å². The maximum atomic E-state index is 12.8. The molecular weight excluding hydrogens is 434 g/mol. The number of rotatable bonds is 8. The zero-order valence-electron chi connectivity index (χ0n) is 17.1. The van der Waals surface area contributed by atoms with Gasteiger partial charge in [-0.05, 0) is 18.1 Å². The van der Waals surface area contributed by atoms with Crippen molar-refractivity contribution in [3.05, 3.63) is 52.3 Å². The molecule has 160 valence electrons. The molecule has 0 atom stereocenters. The van der Waals surface area contributed by atoms with Crippen LogP contribution in [0.25, 0.3) is 16.7 Å².